The molecule has 0 amide bonds. The predicted octanol–water partition coefficient (Wildman–Crippen LogP) is 4.87. The summed E-state index contributed by atoms with van der Waals surface area (Å²) in [5.41, 5.74) is 1.16. The number of ether oxygens (including phenoxy) is 1. The fraction of sp³-hybridized carbons (Fsp3) is 0.136. The Hall–Kier alpha value is -3.43. The Labute approximate surface area is 191 Å². The van der Waals surface area contributed by atoms with Crippen molar-refractivity contribution >= 4 is 29.3 Å². The van der Waals surface area contributed by atoms with Gasteiger partial charge in [-0.1, -0.05) is 46.7 Å². The number of nitrogens with zero attached hydrogens (tertiary/aromatic N) is 3. The van der Waals surface area contributed by atoms with E-state index in [0.29, 0.717) is 27.3 Å². The van der Waals surface area contributed by atoms with Crippen molar-refractivity contribution in [3.63, 3.8) is 0 Å². The van der Waals surface area contributed by atoms with Crippen molar-refractivity contribution in [1.29, 1.82) is 0 Å². The number of hydrogen-bond acceptors (Lipinski definition) is 9. The zero-order chi connectivity index (χ0) is 22.7. The Kier molecular flexibility index (Phi) is 6.38. The number of thioether (sulfide) groups is 1. The molecule has 0 unspecified atom stereocenters. The largest absolute Gasteiger partial charge is 0.464 e. The van der Waals surface area contributed by atoms with Gasteiger partial charge in [-0.05, 0) is 26.0 Å². The normalized spacial score (nSPS) is 10.8. The van der Waals surface area contributed by atoms with Gasteiger partial charge in [0.1, 0.15) is 29.0 Å². The summed E-state index contributed by atoms with van der Waals surface area (Å²) in [6.45, 7) is 3.43. The molecular formula is C22H16ClN3O5S. The van der Waals surface area contributed by atoms with E-state index in [4.69, 9.17) is 25.3 Å². The quantitative estimate of drug-likeness (QED) is 0.222. The van der Waals surface area contributed by atoms with Crippen LogP contribution in [0.5, 0.6) is 5.75 Å². The van der Waals surface area contributed by atoms with E-state index in [0.717, 1.165) is 12.0 Å². The van der Waals surface area contributed by atoms with Gasteiger partial charge in [0.2, 0.25) is 11.2 Å². The fourth-order valence-electron chi connectivity index (χ4n) is 2.82. The molecule has 0 spiro atoms. The zero-order valence-electron chi connectivity index (χ0n) is 17.0. The summed E-state index contributed by atoms with van der Waals surface area (Å²) in [6.07, 6.45) is 2.76. The summed E-state index contributed by atoms with van der Waals surface area (Å²) in [5, 5.41) is 4.89. The summed E-state index contributed by atoms with van der Waals surface area (Å²) >= 11 is 7.54. The number of hydrogen-bond donors (Lipinski definition) is 0. The van der Waals surface area contributed by atoms with Gasteiger partial charge in [-0.25, -0.2) is 14.8 Å². The molecule has 162 valence electrons. The second-order valence-electron chi connectivity index (χ2n) is 6.68. The van der Waals surface area contributed by atoms with Crippen LogP contribution in [-0.4, -0.2) is 21.1 Å². The lowest BCUT2D eigenvalue weighted by Gasteiger charge is -2.06. The molecule has 0 radical (unpaired) electrons. The van der Waals surface area contributed by atoms with E-state index in [1.165, 1.54) is 17.8 Å². The summed E-state index contributed by atoms with van der Waals surface area (Å²) in [4.78, 5) is 33.7. The first kappa shape index (κ1) is 21.8. The van der Waals surface area contributed by atoms with Crippen molar-refractivity contribution in [3.8, 4) is 17.0 Å². The first-order valence-electron chi connectivity index (χ1n) is 9.40. The lowest BCUT2D eigenvalue weighted by atomic mass is 10.1. The van der Waals surface area contributed by atoms with Gasteiger partial charge in [-0.15, -0.1) is 0 Å². The molecule has 0 saturated carbocycles. The van der Waals surface area contributed by atoms with Gasteiger partial charge in [-0.3, -0.25) is 4.79 Å². The smallest absolute Gasteiger partial charge is 0.349 e. The number of carbonyl (C=O) groups is 1. The highest BCUT2D eigenvalue weighted by Crippen LogP contribution is 2.31. The van der Waals surface area contributed by atoms with Crippen LogP contribution in [0.4, 0.5) is 0 Å². The van der Waals surface area contributed by atoms with Crippen molar-refractivity contribution in [3.05, 3.63) is 86.9 Å². The maximum Gasteiger partial charge on any atom is 0.349 e. The molecule has 4 aromatic rings. The van der Waals surface area contributed by atoms with Crippen LogP contribution in [0.1, 0.15) is 27.6 Å². The maximum absolute atomic E-state index is 12.8. The van der Waals surface area contributed by atoms with Crippen LogP contribution in [0.15, 0.2) is 67.7 Å². The Balaban J connectivity index is 1.52. The average Bonchev–Trinajstić information content (AvgIpc) is 3.15. The molecule has 4 rings (SSSR count). The van der Waals surface area contributed by atoms with E-state index in [2.05, 4.69) is 15.1 Å². The fourth-order valence-corrected chi connectivity index (χ4v) is 3.81. The van der Waals surface area contributed by atoms with Crippen molar-refractivity contribution in [2.45, 2.75) is 24.8 Å². The second kappa shape index (κ2) is 9.37. The molecule has 1 aromatic carbocycles. The maximum atomic E-state index is 12.8. The molecule has 0 saturated heterocycles. The van der Waals surface area contributed by atoms with E-state index in [1.54, 1.807) is 43.5 Å². The molecule has 0 aliphatic rings. The number of aryl methyl sites for hydroxylation is 2. The molecule has 0 bridgehead atoms. The number of benzene rings is 1. The Bertz CT molecular complexity index is 1350. The van der Waals surface area contributed by atoms with Gasteiger partial charge >= 0.3 is 5.97 Å². The molecule has 0 fully saturated rings. The van der Waals surface area contributed by atoms with Crippen molar-refractivity contribution in [1.82, 2.24) is 15.1 Å². The first-order valence-corrected chi connectivity index (χ1v) is 10.8. The summed E-state index contributed by atoms with van der Waals surface area (Å²) in [6, 6.07) is 9.95. The van der Waals surface area contributed by atoms with Gasteiger partial charge in [0.25, 0.3) is 0 Å². The van der Waals surface area contributed by atoms with E-state index < -0.39 is 11.4 Å². The number of carbonyl (C=O) groups excluding carboxylic acids is 1. The van der Waals surface area contributed by atoms with Gasteiger partial charge in [-0.2, -0.15) is 0 Å². The summed E-state index contributed by atoms with van der Waals surface area (Å²) in [5.74, 6) is -0.0836. The highest BCUT2D eigenvalue weighted by Gasteiger charge is 2.25. The first-order chi connectivity index (χ1) is 15.4. The van der Waals surface area contributed by atoms with Gasteiger partial charge in [0, 0.05) is 23.5 Å². The van der Waals surface area contributed by atoms with Crippen molar-refractivity contribution in [2.24, 2.45) is 0 Å². The van der Waals surface area contributed by atoms with Crippen LogP contribution in [0, 0.1) is 13.8 Å². The summed E-state index contributed by atoms with van der Waals surface area (Å²) < 4.78 is 15.9. The minimum absolute atomic E-state index is 0.0775. The third-order valence-electron chi connectivity index (χ3n) is 4.37. The molecule has 32 heavy (non-hydrogen) atoms. The average molecular weight is 470 g/mol. The molecule has 8 nitrogen and oxygen atoms in total. The molecule has 0 atom stereocenters. The van der Waals surface area contributed by atoms with Crippen LogP contribution in [0.3, 0.4) is 0 Å². The molecule has 0 N–H and O–H groups in total. The Morgan fingerprint density at radius 2 is 2.03 bits per heavy atom. The monoisotopic (exact) mass is 469 g/mol. The molecule has 3 heterocycles. The third-order valence-corrected chi connectivity index (χ3v) is 5.58. The predicted molar refractivity (Wildman–Crippen MR) is 118 cm³/mol. The third kappa shape index (κ3) is 4.74. The molecule has 3 aromatic heterocycles. The zero-order valence-corrected chi connectivity index (χ0v) is 18.6. The highest BCUT2D eigenvalue weighted by atomic mass is 35.5. The Morgan fingerprint density at radius 1 is 1.22 bits per heavy atom. The van der Waals surface area contributed by atoms with Crippen LogP contribution < -0.4 is 10.2 Å². The van der Waals surface area contributed by atoms with E-state index in [1.807, 2.05) is 6.92 Å². The van der Waals surface area contributed by atoms with Crippen molar-refractivity contribution in [2.75, 3.05) is 0 Å². The standard InChI is InChI=1S/C22H16ClN3O5S/c1-12-7-8-24-22(25-12)32-11-14-9-17(27)18(10-29-14)30-21(28)19-13(2)31-26-20(19)15-5-3-4-6-16(15)23/h3-10H,11H2,1-2H3. The minimum atomic E-state index is -0.804. The molecule has 0 aliphatic carbocycles. The summed E-state index contributed by atoms with van der Waals surface area (Å²) in [7, 11) is 0. The number of esters is 1. The molecule has 0 aliphatic heterocycles. The minimum Gasteiger partial charge on any atom is -0.464 e. The second-order valence-corrected chi connectivity index (χ2v) is 8.03. The lowest BCUT2D eigenvalue weighted by Crippen LogP contribution is -2.16. The van der Waals surface area contributed by atoms with E-state index in [9.17, 15) is 9.59 Å². The number of halogens is 1. The highest BCUT2D eigenvalue weighted by molar-refractivity contribution is 7.98. The number of rotatable bonds is 6. The van der Waals surface area contributed by atoms with Crippen molar-refractivity contribution < 1.29 is 18.5 Å². The SMILES string of the molecule is Cc1ccnc(SCc2cc(=O)c(OC(=O)c3c(-c4ccccc4Cl)noc3C)co2)n1. The number of aromatic nitrogens is 3. The van der Waals surface area contributed by atoms with Gasteiger partial charge in [0.15, 0.2) is 5.16 Å². The van der Waals surface area contributed by atoms with E-state index >= 15 is 0 Å². The van der Waals surface area contributed by atoms with Crippen LogP contribution in [0.25, 0.3) is 11.3 Å². The van der Waals surface area contributed by atoms with Crippen LogP contribution in [-0.2, 0) is 5.75 Å². The van der Waals surface area contributed by atoms with Crippen LogP contribution in [0.2, 0.25) is 5.02 Å². The van der Waals surface area contributed by atoms with Crippen LogP contribution >= 0.6 is 23.4 Å². The topological polar surface area (TPSA) is 108 Å². The van der Waals surface area contributed by atoms with Gasteiger partial charge in [0.05, 0.1) is 10.8 Å². The molecule has 10 heteroatoms. The van der Waals surface area contributed by atoms with Gasteiger partial charge < -0.3 is 13.7 Å². The lowest BCUT2D eigenvalue weighted by molar-refractivity contribution is 0.0727. The molecular weight excluding hydrogens is 454 g/mol. The Morgan fingerprint density at radius 3 is 2.78 bits per heavy atom. The van der Waals surface area contributed by atoms with E-state index in [-0.39, 0.29) is 22.8 Å².